The van der Waals surface area contributed by atoms with Gasteiger partial charge in [-0.1, -0.05) is 12.1 Å². The molecule has 1 aliphatic rings. The third-order valence-electron chi connectivity index (χ3n) is 4.02. The van der Waals surface area contributed by atoms with E-state index >= 15 is 0 Å². The fraction of sp³-hybridized carbons (Fsp3) is 0.368. The molecule has 0 fully saturated rings. The van der Waals surface area contributed by atoms with Crippen LogP contribution in [0.15, 0.2) is 40.6 Å². The van der Waals surface area contributed by atoms with E-state index in [0.717, 1.165) is 17.9 Å². The van der Waals surface area contributed by atoms with Crippen molar-refractivity contribution in [2.75, 3.05) is 12.3 Å². The second-order valence-corrected chi connectivity index (χ2v) is 8.37. The van der Waals surface area contributed by atoms with Crippen LogP contribution >= 0.6 is 23.1 Å². The predicted molar refractivity (Wildman–Crippen MR) is 103 cm³/mol. The molecule has 0 spiro atoms. The highest BCUT2D eigenvalue weighted by Gasteiger charge is 2.24. The van der Waals surface area contributed by atoms with Gasteiger partial charge in [0.1, 0.15) is 0 Å². The number of thioether (sulfide) groups is 1. The first-order chi connectivity index (χ1) is 12.0. The molecule has 0 atom stereocenters. The van der Waals surface area contributed by atoms with Crippen molar-refractivity contribution in [2.24, 2.45) is 0 Å². The number of thiophene rings is 1. The highest BCUT2D eigenvalue weighted by molar-refractivity contribution is 8.00. The van der Waals surface area contributed by atoms with Crippen LogP contribution in [0.5, 0.6) is 0 Å². The lowest BCUT2D eigenvalue weighted by Gasteiger charge is -2.27. The summed E-state index contributed by atoms with van der Waals surface area (Å²) in [5.74, 6) is 0.351. The summed E-state index contributed by atoms with van der Waals surface area (Å²) in [4.78, 5) is 29.0. The number of carbonyl (C=O) groups is 2. The Morgan fingerprint density at radius 2 is 2.08 bits per heavy atom. The number of hydrogen-bond donors (Lipinski definition) is 1. The van der Waals surface area contributed by atoms with E-state index in [4.69, 9.17) is 0 Å². The van der Waals surface area contributed by atoms with E-state index in [1.807, 2.05) is 43.0 Å². The quantitative estimate of drug-likeness (QED) is 0.814. The van der Waals surface area contributed by atoms with Crippen molar-refractivity contribution >= 4 is 34.9 Å². The maximum atomic E-state index is 13.0. The summed E-state index contributed by atoms with van der Waals surface area (Å²) in [6.07, 6.45) is 0.921. The summed E-state index contributed by atoms with van der Waals surface area (Å²) in [6, 6.07) is 9.79. The van der Waals surface area contributed by atoms with E-state index in [-0.39, 0.29) is 17.9 Å². The molecule has 2 aromatic rings. The van der Waals surface area contributed by atoms with Gasteiger partial charge in [0, 0.05) is 28.9 Å². The molecule has 3 rings (SSSR count). The van der Waals surface area contributed by atoms with Crippen molar-refractivity contribution in [2.45, 2.75) is 37.8 Å². The number of benzene rings is 1. The molecule has 1 N–H and O–H groups in total. The third-order valence-corrected chi connectivity index (χ3v) is 6.12. The molecule has 1 aliphatic heterocycles. The van der Waals surface area contributed by atoms with E-state index in [0.29, 0.717) is 17.9 Å². The molecule has 1 aromatic heterocycles. The highest BCUT2D eigenvalue weighted by Crippen LogP contribution is 2.28. The van der Waals surface area contributed by atoms with Crippen molar-refractivity contribution < 1.29 is 9.59 Å². The molecule has 0 saturated heterocycles. The minimum atomic E-state index is -0.0110. The van der Waals surface area contributed by atoms with Crippen LogP contribution in [0.1, 0.15) is 34.6 Å². The monoisotopic (exact) mass is 374 g/mol. The molecule has 0 bridgehead atoms. The van der Waals surface area contributed by atoms with E-state index in [1.165, 1.54) is 22.2 Å². The molecule has 4 nitrogen and oxygen atoms in total. The zero-order valence-corrected chi connectivity index (χ0v) is 16.1. The summed E-state index contributed by atoms with van der Waals surface area (Å²) < 4.78 is 0. The number of nitrogens with zero attached hydrogens (tertiary/aromatic N) is 1. The molecular weight excluding hydrogens is 352 g/mol. The Morgan fingerprint density at radius 3 is 2.88 bits per heavy atom. The molecule has 0 radical (unpaired) electrons. The summed E-state index contributed by atoms with van der Waals surface area (Å²) in [5.41, 5.74) is 1.94. The van der Waals surface area contributed by atoms with Crippen molar-refractivity contribution in [3.63, 3.8) is 0 Å². The molecule has 0 unspecified atom stereocenters. The van der Waals surface area contributed by atoms with Gasteiger partial charge in [-0.15, -0.1) is 23.1 Å². The average Bonchev–Trinajstić information content (AvgIpc) is 3.06. The summed E-state index contributed by atoms with van der Waals surface area (Å²) in [5, 5.41) is 4.97. The normalized spacial score (nSPS) is 13.6. The number of nitrogens with one attached hydrogen (secondary N) is 1. The summed E-state index contributed by atoms with van der Waals surface area (Å²) in [7, 11) is 0. The smallest absolute Gasteiger partial charge is 0.255 e. The van der Waals surface area contributed by atoms with Gasteiger partial charge in [0.2, 0.25) is 5.91 Å². The largest absolute Gasteiger partial charge is 0.353 e. The maximum Gasteiger partial charge on any atom is 0.255 e. The fourth-order valence-electron chi connectivity index (χ4n) is 2.87. The highest BCUT2D eigenvalue weighted by atomic mass is 32.2. The molecule has 25 heavy (non-hydrogen) atoms. The van der Waals surface area contributed by atoms with Gasteiger partial charge in [0.05, 0.1) is 11.3 Å². The Bertz CT molecular complexity index is 770. The molecule has 132 valence electrons. The topological polar surface area (TPSA) is 49.4 Å². The van der Waals surface area contributed by atoms with Crippen LogP contribution in [-0.4, -0.2) is 35.1 Å². The number of amides is 2. The van der Waals surface area contributed by atoms with E-state index in [9.17, 15) is 9.59 Å². The van der Waals surface area contributed by atoms with Gasteiger partial charge in [0.15, 0.2) is 0 Å². The zero-order chi connectivity index (χ0) is 17.8. The van der Waals surface area contributed by atoms with Crippen LogP contribution in [0.3, 0.4) is 0 Å². The lowest BCUT2D eigenvalue weighted by Crippen LogP contribution is -2.35. The number of hydrogen-bond acceptors (Lipinski definition) is 4. The Morgan fingerprint density at radius 1 is 1.28 bits per heavy atom. The Balaban J connectivity index is 1.70. The van der Waals surface area contributed by atoms with Crippen LogP contribution in [-0.2, 0) is 17.8 Å². The molecule has 6 heteroatoms. The minimum absolute atomic E-state index is 0.0110. The lowest BCUT2D eigenvalue weighted by atomic mass is 10.1. The third kappa shape index (κ3) is 4.44. The van der Waals surface area contributed by atoms with Gasteiger partial charge in [-0.25, -0.2) is 0 Å². The molecule has 2 heterocycles. The van der Waals surface area contributed by atoms with Crippen LogP contribution in [0.25, 0.3) is 0 Å². The lowest BCUT2D eigenvalue weighted by molar-refractivity contribution is -0.119. The van der Waals surface area contributed by atoms with Gasteiger partial charge >= 0.3 is 0 Å². The first-order valence-electron chi connectivity index (χ1n) is 8.40. The molecule has 1 aromatic carbocycles. The van der Waals surface area contributed by atoms with Crippen LogP contribution in [0.2, 0.25) is 0 Å². The van der Waals surface area contributed by atoms with E-state index in [1.54, 1.807) is 11.3 Å². The van der Waals surface area contributed by atoms with E-state index in [2.05, 4.69) is 16.8 Å². The minimum Gasteiger partial charge on any atom is -0.353 e. The van der Waals surface area contributed by atoms with Gasteiger partial charge in [-0.2, -0.15) is 0 Å². The molecule has 0 saturated carbocycles. The first kappa shape index (κ1) is 18.0. The van der Waals surface area contributed by atoms with Crippen LogP contribution in [0, 0.1) is 0 Å². The van der Waals surface area contributed by atoms with E-state index < -0.39 is 0 Å². The van der Waals surface area contributed by atoms with Crippen molar-refractivity contribution in [3.05, 3.63) is 51.7 Å². The summed E-state index contributed by atoms with van der Waals surface area (Å²) >= 11 is 3.19. The predicted octanol–water partition coefficient (Wildman–Crippen LogP) is 3.56. The molecule has 0 aliphatic carbocycles. The second kappa shape index (κ2) is 8.06. The van der Waals surface area contributed by atoms with Crippen molar-refractivity contribution in [1.82, 2.24) is 10.2 Å². The number of rotatable bonds is 5. The maximum absolute atomic E-state index is 13.0. The fourth-order valence-corrected chi connectivity index (χ4v) is 4.61. The van der Waals surface area contributed by atoms with Crippen molar-refractivity contribution in [1.29, 1.82) is 0 Å². The van der Waals surface area contributed by atoms with Crippen LogP contribution < -0.4 is 5.32 Å². The van der Waals surface area contributed by atoms with Gasteiger partial charge < -0.3 is 10.2 Å². The second-order valence-electron chi connectivity index (χ2n) is 6.35. The Kier molecular flexibility index (Phi) is 5.81. The van der Waals surface area contributed by atoms with Gasteiger partial charge in [0.25, 0.3) is 5.91 Å². The standard InChI is InChI=1S/C19H22N2O2S2/c1-13(2)20-18(22)12-25-17-6-4-3-5-15(17)19(23)21-9-7-16-14(11-21)8-10-24-16/h3-6,8,10,13H,7,9,11-12H2,1-2H3,(H,20,22). The zero-order valence-electron chi connectivity index (χ0n) is 14.5. The number of carbonyl (C=O) groups excluding carboxylic acids is 2. The van der Waals surface area contributed by atoms with Gasteiger partial charge in [-0.05, 0) is 49.4 Å². The number of fused-ring (bicyclic) bond motifs is 1. The summed E-state index contributed by atoms with van der Waals surface area (Å²) in [6.45, 7) is 5.30. The SMILES string of the molecule is CC(C)NC(=O)CSc1ccccc1C(=O)N1CCc2sccc2C1. The Hall–Kier alpha value is -1.79. The molecule has 2 amide bonds. The van der Waals surface area contributed by atoms with Crippen LogP contribution in [0.4, 0.5) is 0 Å². The van der Waals surface area contributed by atoms with Crippen molar-refractivity contribution in [3.8, 4) is 0 Å². The average molecular weight is 375 g/mol. The van der Waals surface area contributed by atoms with Gasteiger partial charge in [-0.3, -0.25) is 9.59 Å². The first-order valence-corrected chi connectivity index (χ1v) is 10.3. The molecular formula is C19H22N2O2S2. The Labute approximate surface area is 156 Å².